The summed E-state index contributed by atoms with van der Waals surface area (Å²) in [5, 5.41) is 20.4. The molecule has 1 atom stereocenters. The maximum Gasteiger partial charge on any atom is 0.293 e. The number of rotatable bonds is 16. The molecule has 3 heterocycles. The summed E-state index contributed by atoms with van der Waals surface area (Å²) in [6.07, 6.45) is 2.08. The van der Waals surface area contributed by atoms with Crippen LogP contribution in [0.15, 0.2) is 131 Å². The summed E-state index contributed by atoms with van der Waals surface area (Å²) in [5.41, 5.74) is 5.11. The van der Waals surface area contributed by atoms with E-state index in [9.17, 15) is 18.5 Å². The lowest BCUT2D eigenvalue weighted by atomic mass is 9.99. The van der Waals surface area contributed by atoms with Crippen LogP contribution >= 0.6 is 23.4 Å². The van der Waals surface area contributed by atoms with Crippen molar-refractivity contribution in [2.24, 2.45) is 0 Å². The van der Waals surface area contributed by atoms with Crippen molar-refractivity contribution >= 4 is 67.2 Å². The highest BCUT2D eigenvalue weighted by Crippen LogP contribution is 2.33. The van der Waals surface area contributed by atoms with Crippen LogP contribution < -0.4 is 20.3 Å². The predicted octanol–water partition coefficient (Wildman–Crippen LogP) is 7.85. The van der Waals surface area contributed by atoms with Gasteiger partial charge in [0.15, 0.2) is 5.82 Å². The van der Waals surface area contributed by atoms with Crippen LogP contribution in [-0.2, 0) is 16.6 Å². The first-order valence-electron chi connectivity index (χ1n) is 20.4. The third-order valence-corrected chi connectivity index (χ3v) is 14.0. The highest BCUT2D eigenvalue weighted by atomic mass is 35.5. The number of aromatic nitrogens is 2. The van der Waals surface area contributed by atoms with Gasteiger partial charge in [0.2, 0.25) is 0 Å². The van der Waals surface area contributed by atoms with Crippen LogP contribution in [-0.4, -0.2) is 104 Å². The van der Waals surface area contributed by atoms with Gasteiger partial charge in [0.25, 0.3) is 15.7 Å². The smallest absolute Gasteiger partial charge is 0.293 e. The molecule has 2 aliphatic heterocycles. The lowest BCUT2D eigenvalue weighted by Gasteiger charge is -2.36. The van der Waals surface area contributed by atoms with Crippen molar-refractivity contribution in [1.29, 1.82) is 0 Å². The molecule has 6 aromatic rings. The molecule has 2 saturated heterocycles. The molecule has 1 aromatic heterocycles. The number of benzene rings is 5. The van der Waals surface area contributed by atoms with Crippen molar-refractivity contribution in [1.82, 2.24) is 25.1 Å². The maximum atomic E-state index is 13.8. The van der Waals surface area contributed by atoms with Gasteiger partial charge in [-0.1, -0.05) is 66.2 Å². The highest BCUT2D eigenvalue weighted by Gasteiger charge is 2.26. The molecule has 0 bridgehead atoms. The van der Waals surface area contributed by atoms with Crippen LogP contribution in [0.2, 0.25) is 5.02 Å². The number of hydrogen-bond acceptors (Lipinski definition) is 12. The van der Waals surface area contributed by atoms with Gasteiger partial charge in [-0.2, -0.15) is 0 Å². The normalized spacial score (nSPS) is 15.7. The van der Waals surface area contributed by atoms with Gasteiger partial charge in [-0.05, 0) is 77.7 Å². The molecule has 0 radical (unpaired) electrons. The van der Waals surface area contributed by atoms with E-state index >= 15 is 0 Å². The van der Waals surface area contributed by atoms with E-state index in [0.29, 0.717) is 21.7 Å². The minimum absolute atomic E-state index is 0.0940. The Hall–Kier alpha value is -5.29. The molecule has 5 aromatic carbocycles. The van der Waals surface area contributed by atoms with Crippen LogP contribution in [0.5, 0.6) is 0 Å². The molecule has 8 rings (SSSR count). The van der Waals surface area contributed by atoms with Gasteiger partial charge >= 0.3 is 0 Å². The van der Waals surface area contributed by atoms with E-state index in [4.69, 9.17) is 11.6 Å². The number of nitro benzene ring substituents is 1. The molecular weight excluding hydrogens is 830 g/mol. The zero-order valence-corrected chi connectivity index (χ0v) is 36.0. The minimum Gasteiger partial charge on any atom is -0.376 e. The Morgan fingerprint density at radius 3 is 2.36 bits per heavy atom. The number of sulfonamides is 1. The van der Waals surface area contributed by atoms with Gasteiger partial charge in [0.1, 0.15) is 12.0 Å². The van der Waals surface area contributed by atoms with E-state index in [2.05, 4.69) is 76.4 Å². The Balaban J connectivity index is 0.934. The number of halogens is 1. The summed E-state index contributed by atoms with van der Waals surface area (Å²) in [6.45, 7) is 8.78. The SMILES string of the molecule is O=[N+]([O-])c1cc(S(=O)(=O)Nc2ncnc3cc(N4CCN(Cc5ccccc5-c5ccc(Cl)cc5)CC4)ccc23)ccc1N[C@H](CCN1CCNCC1)CSc1ccccc1. The summed E-state index contributed by atoms with van der Waals surface area (Å²) < 4.78 is 30.3. The van der Waals surface area contributed by atoms with E-state index in [0.717, 1.165) is 94.1 Å². The zero-order valence-electron chi connectivity index (χ0n) is 33.6. The molecule has 316 valence electrons. The molecule has 3 N–H and O–H groups in total. The number of nitrogens with zero attached hydrogens (tertiary/aromatic N) is 6. The standard InChI is InChI=1S/C45H48ClN9O4S2/c46-35-12-10-33(11-13-35)40-9-5-4-6-34(40)30-53-24-26-54(27-25-53)37-14-16-41-43(28-37)48-32-49-45(41)51-61(58,59)39-15-17-42(44(29-39)55(56)57)50-36(18-21-52-22-19-47-20-23-52)31-60-38-7-2-1-3-8-38/h1-17,28-29,32,36,47,50H,18-27,30-31H2,(H,48,49,51)/t36-/m1/s1. The van der Waals surface area contributed by atoms with E-state index in [1.165, 1.54) is 29.6 Å². The highest BCUT2D eigenvalue weighted by molar-refractivity contribution is 7.99. The Labute approximate surface area is 365 Å². The first kappa shape index (κ1) is 42.4. The van der Waals surface area contributed by atoms with Crippen LogP contribution in [0.3, 0.4) is 0 Å². The summed E-state index contributed by atoms with van der Waals surface area (Å²) in [6, 6.07) is 36.0. The number of thioether (sulfide) groups is 1. The average molecular weight is 879 g/mol. The molecule has 0 spiro atoms. The first-order valence-corrected chi connectivity index (χ1v) is 23.3. The van der Waals surface area contributed by atoms with Crippen molar-refractivity contribution in [2.75, 3.05) is 79.6 Å². The number of nitrogens with one attached hydrogen (secondary N) is 3. The van der Waals surface area contributed by atoms with E-state index in [1.54, 1.807) is 11.8 Å². The lowest BCUT2D eigenvalue weighted by molar-refractivity contribution is -0.384. The number of fused-ring (bicyclic) bond motifs is 1. The third-order valence-electron chi connectivity index (χ3n) is 11.2. The second-order valence-electron chi connectivity index (χ2n) is 15.2. The zero-order chi connectivity index (χ0) is 42.2. The van der Waals surface area contributed by atoms with Crippen LogP contribution in [0.4, 0.5) is 22.9 Å². The fourth-order valence-electron chi connectivity index (χ4n) is 7.84. The van der Waals surface area contributed by atoms with E-state index < -0.39 is 14.9 Å². The van der Waals surface area contributed by atoms with Crippen LogP contribution in [0, 0.1) is 10.1 Å². The van der Waals surface area contributed by atoms with E-state index in [1.807, 2.05) is 60.7 Å². The summed E-state index contributed by atoms with van der Waals surface area (Å²) in [7, 11) is -4.27. The molecule has 61 heavy (non-hydrogen) atoms. The average Bonchev–Trinajstić information content (AvgIpc) is 3.28. The quantitative estimate of drug-likeness (QED) is 0.0494. The lowest BCUT2D eigenvalue weighted by Crippen LogP contribution is -2.46. The molecule has 2 fully saturated rings. The summed E-state index contributed by atoms with van der Waals surface area (Å²) in [4.78, 5) is 28.7. The molecule has 0 amide bonds. The largest absolute Gasteiger partial charge is 0.376 e. The maximum absolute atomic E-state index is 13.8. The second kappa shape index (κ2) is 19.6. The predicted molar refractivity (Wildman–Crippen MR) is 246 cm³/mol. The van der Waals surface area contributed by atoms with Gasteiger partial charge in [-0.15, -0.1) is 11.8 Å². The van der Waals surface area contributed by atoms with Crippen LogP contribution in [0.25, 0.3) is 22.0 Å². The van der Waals surface area contributed by atoms with Crippen molar-refractivity contribution in [3.8, 4) is 11.1 Å². The molecule has 13 nitrogen and oxygen atoms in total. The Kier molecular flexibility index (Phi) is 13.6. The minimum atomic E-state index is -4.27. The van der Waals surface area contributed by atoms with Crippen molar-refractivity contribution < 1.29 is 13.3 Å². The molecule has 0 unspecified atom stereocenters. The molecular formula is C45H48ClN9O4S2. The van der Waals surface area contributed by atoms with Crippen molar-refractivity contribution in [2.45, 2.75) is 28.8 Å². The topological polar surface area (TPSA) is 149 Å². The number of hydrogen-bond donors (Lipinski definition) is 3. The summed E-state index contributed by atoms with van der Waals surface area (Å²) >= 11 is 7.83. The molecule has 0 saturated carbocycles. The molecule has 0 aliphatic carbocycles. The number of nitro groups is 1. The van der Waals surface area contributed by atoms with Gasteiger partial charge in [-0.25, -0.2) is 18.4 Å². The van der Waals surface area contributed by atoms with Crippen molar-refractivity contribution in [3.05, 3.63) is 142 Å². The number of piperazine rings is 2. The van der Waals surface area contributed by atoms with Gasteiger partial charge in [0.05, 0.1) is 15.3 Å². The first-order chi connectivity index (χ1) is 29.7. The Morgan fingerprint density at radius 2 is 1.59 bits per heavy atom. The fourth-order valence-corrected chi connectivity index (χ4v) is 10.0. The van der Waals surface area contributed by atoms with Gasteiger partial charge < -0.3 is 20.4 Å². The van der Waals surface area contributed by atoms with Gasteiger partial charge in [-0.3, -0.25) is 19.7 Å². The Morgan fingerprint density at radius 1 is 0.836 bits per heavy atom. The van der Waals surface area contributed by atoms with E-state index in [-0.39, 0.29) is 28.1 Å². The molecule has 2 aliphatic rings. The fraction of sp³-hybridized carbons (Fsp3) is 0.289. The number of anilines is 3. The monoisotopic (exact) mass is 877 g/mol. The summed E-state index contributed by atoms with van der Waals surface area (Å²) in [5.74, 6) is 0.769. The van der Waals surface area contributed by atoms with Gasteiger partial charge in [0, 0.05) is 104 Å². The third kappa shape index (κ3) is 10.8. The molecule has 16 heteroatoms. The van der Waals surface area contributed by atoms with Crippen molar-refractivity contribution in [3.63, 3.8) is 0 Å². The second-order valence-corrected chi connectivity index (χ2v) is 18.5. The Bertz CT molecular complexity index is 2560. The van der Waals surface area contributed by atoms with Crippen LogP contribution in [0.1, 0.15) is 12.0 Å².